The van der Waals surface area contributed by atoms with Crippen molar-refractivity contribution < 1.29 is 9.47 Å². The SMILES string of the molecule is CCCC1(C)CC1c1ccc2c(c1)c1c(OC)ccc3c4ccc5c6c(ccc5c4n2c31)-c1ccc(OC)cc1C6(C)C. The first-order chi connectivity index (χ1) is 20.8. The van der Waals surface area contributed by atoms with Gasteiger partial charge in [-0.05, 0) is 93.8 Å². The molecule has 0 amide bonds. The van der Waals surface area contributed by atoms with Gasteiger partial charge < -0.3 is 13.9 Å². The van der Waals surface area contributed by atoms with E-state index in [0.29, 0.717) is 11.3 Å². The summed E-state index contributed by atoms with van der Waals surface area (Å²) in [7, 11) is 3.56. The fourth-order valence-electron chi connectivity index (χ4n) is 9.03. The molecule has 2 heterocycles. The first kappa shape index (κ1) is 25.3. The first-order valence-electron chi connectivity index (χ1n) is 15.8. The highest BCUT2D eigenvalue weighted by molar-refractivity contribution is 6.29. The van der Waals surface area contributed by atoms with Gasteiger partial charge in [-0.25, -0.2) is 0 Å². The van der Waals surface area contributed by atoms with Crippen molar-refractivity contribution in [1.82, 2.24) is 4.40 Å². The molecule has 2 atom stereocenters. The van der Waals surface area contributed by atoms with E-state index in [1.807, 2.05) is 0 Å². The van der Waals surface area contributed by atoms with Crippen LogP contribution in [0.2, 0.25) is 0 Å². The second-order valence-corrected chi connectivity index (χ2v) is 13.9. The smallest absolute Gasteiger partial charge is 0.128 e. The van der Waals surface area contributed by atoms with Crippen molar-refractivity contribution in [3.05, 3.63) is 89.5 Å². The van der Waals surface area contributed by atoms with Crippen LogP contribution in [0.5, 0.6) is 11.5 Å². The van der Waals surface area contributed by atoms with Crippen LogP contribution in [0.4, 0.5) is 0 Å². The molecule has 9 rings (SSSR count). The van der Waals surface area contributed by atoms with Crippen LogP contribution in [0.3, 0.4) is 0 Å². The molecule has 2 aromatic heterocycles. The number of rotatable bonds is 5. The summed E-state index contributed by atoms with van der Waals surface area (Å²) >= 11 is 0. The Bertz CT molecular complexity index is 2300. The van der Waals surface area contributed by atoms with Crippen LogP contribution < -0.4 is 9.47 Å². The summed E-state index contributed by atoms with van der Waals surface area (Å²) in [6.07, 6.45) is 3.83. The molecule has 5 aromatic carbocycles. The lowest BCUT2D eigenvalue weighted by molar-refractivity contribution is 0.413. The Hall–Kier alpha value is -4.24. The number of methoxy groups -OCH3 is 2. The second kappa shape index (κ2) is 8.23. The lowest BCUT2D eigenvalue weighted by atomic mass is 9.80. The molecule has 0 saturated heterocycles. The minimum Gasteiger partial charge on any atom is -0.497 e. The number of aromatic nitrogens is 1. The average molecular weight is 564 g/mol. The van der Waals surface area contributed by atoms with Crippen molar-refractivity contribution in [3.63, 3.8) is 0 Å². The molecular weight excluding hydrogens is 526 g/mol. The van der Waals surface area contributed by atoms with Gasteiger partial charge in [0, 0.05) is 27.0 Å². The topological polar surface area (TPSA) is 22.9 Å². The summed E-state index contributed by atoms with van der Waals surface area (Å²) < 4.78 is 14.2. The zero-order valence-electron chi connectivity index (χ0n) is 25.9. The van der Waals surface area contributed by atoms with Crippen molar-refractivity contribution in [2.24, 2.45) is 5.41 Å². The standard InChI is InChI=1S/C40H37NO2/c1-7-18-40(4)21-32(40)22-8-16-33-30(19-22)35-34(43-6)17-15-29-28-14-12-26-27(37(28)41(33)38(29)35)13-11-25-24-10-9-23(42-5)20-31(24)39(2,3)36(25)26/h8-17,19-20,32H,7,18,21H2,1-6H3. The molecule has 1 saturated carbocycles. The highest BCUT2D eigenvalue weighted by Gasteiger charge is 2.49. The van der Waals surface area contributed by atoms with Crippen LogP contribution >= 0.6 is 0 Å². The van der Waals surface area contributed by atoms with Crippen molar-refractivity contribution in [2.75, 3.05) is 14.2 Å². The Morgan fingerprint density at radius 2 is 1.47 bits per heavy atom. The molecular formula is C40H37NO2. The van der Waals surface area contributed by atoms with E-state index in [-0.39, 0.29) is 5.41 Å². The first-order valence-corrected chi connectivity index (χ1v) is 15.8. The molecule has 0 bridgehead atoms. The van der Waals surface area contributed by atoms with Crippen molar-refractivity contribution in [1.29, 1.82) is 0 Å². The van der Waals surface area contributed by atoms with Crippen molar-refractivity contribution in [3.8, 4) is 22.6 Å². The maximum Gasteiger partial charge on any atom is 0.128 e. The molecule has 43 heavy (non-hydrogen) atoms. The zero-order chi connectivity index (χ0) is 29.4. The van der Waals surface area contributed by atoms with Crippen LogP contribution in [-0.4, -0.2) is 18.6 Å². The van der Waals surface area contributed by atoms with Gasteiger partial charge in [0.2, 0.25) is 0 Å². The number of ether oxygens (including phenoxy) is 2. The summed E-state index contributed by atoms with van der Waals surface area (Å²) in [5.41, 5.74) is 11.0. The second-order valence-electron chi connectivity index (χ2n) is 13.9. The number of benzene rings is 5. The average Bonchev–Trinajstić information content (AvgIpc) is 3.30. The third kappa shape index (κ3) is 3.05. The zero-order valence-corrected chi connectivity index (χ0v) is 25.9. The molecule has 1 fully saturated rings. The lowest BCUT2D eigenvalue weighted by Gasteiger charge is -2.23. The molecule has 0 aliphatic heterocycles. The van der Waals surface area contributed by atoms with Gasteiger partial charge in [-0.1, -0.05) is 70.5 Å². The highest BCUT2D eigenvalue weighted by Crippen LogP contribution is 2.62. The fourth-order valence-corrected chi connectivity index (χ4v) is 9.03. The van der Waals surface area contributed by atoms with Gasteiger partial charge in [-0.15, -0.1) is 0 Å². The van der Waals surface area contributed by atoms with E-state index < -0.39 is 0 Å². The number of nitrogens with zero attached hydrogens (tertiary/aromatic N) is 1. The predicted molar refractivity (Wildman–Crippen MR) is 180 cm³/mol. The summed E-state index contributed by atoms with van der Waals surface area (Å²) in [5, 5.41) is 7.77. The summed E-state index contributed by atoms with van der Waals surface area (Å²) in [6.45, 7) is 9.49. The largest absolute Gasteiger partial charge is 0.497 e. The summed E-state index contributed by atoms with van der Waals surface area (Å²) in [5.74, 6) is 2.51. The third-order valence-corrected chi connectivity index (χ3v) is 11.2. The van der Waals surface area contributed by atoms with Crippen LogP contribution in [0, 0.1) is 5.41 Å². The molecule has 0 radical (unpaired) electrons. The van der Waals surface area contributed by atoms with Crippen LogP contribution in [-0.2, 0) is 5.41 Å². The van der Waals surface area contributed by atoms with E-state index in [9.17, 15) is 0 Å². The van der Waals surface area contributed by atoms with Gasteiger partial charge in [0.05, 0.1) is 36.2 Å². The van der Waals surface area contributed by atoms with Gasteiger partial charge in [-0.3, -0.25) is 0 Å². The van der Waals surface area contributed by atoms with Gasteiger partial charge in [-0.2, -0.15) is 0 Å². The molecule has 7 aromatic rings. The Morgan fingerprint density at radius 1 is 0.744 bits per heavy atom. The summed E-state index contributed by atoms with van der Waals surface area (Å²) in [4.78, 5) is 0. The third-order valence-electron chi connectivity index (χ3n) is 11.2. The Morgan fingerprint density at radius 3 is 2.26 bits per heavy atom. The molecule has 3 nitrogen and oxygen atoms in total. The molecule has 214 valence electrons. The molecule has 3 heteroatoms. The van der Waals surface area contributed by atoms with E-state index in [4.69, 9.17) is 9.47 Å². The Labute approximate surface area is 252 Å². The van der Waals surface area contributed by atoms with Crippen molar-refractivity contribution in [2.45, 2.75) is 58.3 Å². The molecule has 0 N–H and O–H groups in total. The van der Waals surface area contributed by atoms with E-state index in [0.717, 1.165) is 11.5 Å². The lowest BCUT2D eigenvalue weighted by Crippen LogP contribution is -2.15. The van der Waals surface area contributed by atoms with Crippen LogP contribution in [0.15, 0.2) is 72.8 Å². The maximum absolute atomic E-state index is 6.03. The normalized spacial score (nSPS) is 20.5. The van der Waals surface area contributed by atoms with Gasteiger partial charge in [0.25, 0.3) is 0 Å². The molecule has 2 aliphatic carbocycles. The number of fused-ring (bicyclic) bond motifs is 12. The monoisotopic (exact) mass is 563 g/mol. The van der Waals surface area contributed by atoms with E-state index in [1.54, 1.807) is 14.2 Å². The Kier molecular flexibility index (Phi) is 4.84. The van der Waals surface area contributed by atoms with Gasteiger partial charge in [0.1, 0.15) is 11.5 Å². The van der Waals surface area contributed by atoms with Crippen LogP contribution in [0.1, 0.15) is 69.6 Å². The predicted octanol–water partition coefficient (Wildman–Crippen LogP) is 10.6. The van der Waals surface area contributed by atoms with E-state index in [2.05, 4.69) is 105 Å². The molecule has 2 unspecified atom stereocenters. The minimum absolute atomic E-state index is 0.139. The molecule has 0 spiro atoms. The van der Waals surface area contributed by atoms with Crippen molar-refractivity contribution >= 4 is 48.9 Å². The fraction of sp³-hybridized carbons (Fsp3) is 0.300. The quantitative estimate of drug-likeness (QED) is 0.208. The number of hydrogen-bond acceptors (Lipinski definition) is 2. The van der Waals surface area contributed by atoms with Crippen LogP contribution in [0.25, 0.3) is 60.0 Å². The molecule has 2 aliphatic rings. The van der Waals surface area contributed by atoms with E-state index >= 15 is 0 Å². The number of hydrogen-bond donors (Lipinski definition) is 0. The summed E-state index contributed by atoms with van der Waals surface area (Å²) in [6, 6.07) is 27.7. The highest BCUT2D eigenvalue weighted by atomic mass is 16.5. The van der Waals surface area contributed by atoms with Gasteiger partial charge >= 0.3 is 0 Å². The minimum atomic E-state index is -0.139. The maximum atomic E-state index is 6.03. The van der Waals surface area contributed by atoms with E-state index in [1.165, 1.54) is 95.9 Å². The van der Waals surface area contributed by atoms with Gasteiger partial charge in [0.15, 0.2) is 0 Å². The Balaban J connectivity index is 1.37.